The summed E-state index contributed by atoms with van der Waals surface area (Å²) in [7, 11) is 4.88. The van der Waals surface area contributed by atoms with Gasteiger partial charge in [-0.25, -0.2) is 0 Å². The van der Waals surface area contributed by atoms with Crippen LogP contribution >= 0.6 is 0 Å². The molecule has 0 bridgehead atoms. The molecule has 7 heteroatoms. The molecule has 0 amide bonds. The van der Waals surface area contributed by atoms with Gasteiger partial charge in [-0.15, -0.1) is 0 Å². The van der Waals surface area contributed by atoms with E-state index in [2.05, 4.69) is 3.22 Å². The maximum absolute atomic E-state index is 5.34. The molecule has 0 fully saturated rings. The monoisotopic (exact) mass is 389 g/mol. The molecule has 12 heavy (non-hydrogen) atoms. The van der Waals surface area contributed by atoms with Crippen LogP contribution in [0.4, 0.5) is 0 Å². The Bertz CT molecular complexity index is 107. The summed E-state index contributed by atoms with van der Waals surface area (Å²) >= 11 is -0.899. The van der Waals surface area contributed by atoms with E-state index in [1.54, 1.807) is 21.3 Å². The molecule has 0 atom stereocenters. The first-order valence-corrected chi connectivity index (χ1v) is 11.5. The number of nitrogens with one attached hydrogen (secondary N) is 1. The number of rotatable bonds is 7. The van der Waals surface area contributed by atoms with Gasteiger partial charge < -0.3 is 0 Å². The summed E-state index contributed by atoms with van der Waals surface area (Å²) in [5.41, 5.74) is 5.34. The molecule has 0 unspecified atom stereocenters. The first-order chi connectivity index (χ1) is 5.74. The molecule has 0 aromatic heterocycles. The molecule has 0 heterocycles. The minimum absolute atomic E-state index is 0.640. The minimum atomic E-state index is -2.25. The summed E-state index contributed by atoms with van der Waals surface area (Å²) in [6.07, 6.45) is 0. The van der Waals surface area contributed by atoms with Gasteiger partial charge in [0, 0.05) is 0 Å². The summed E-state index contributed by atoms with van der Waals surface area (Å²) in [4.78, 5) is 0. The summed E-state index contributed by atoms with van der Waals surface area (Å²) in [6, 6.07) is 0. The van der Waals surface area contributed by atoms with Crippen molar-refractivity contribution in [3.8, 4) is 0 Å². The van der Waals surface area contributed by atoms with Crippen LogP contribution in [-0.2, 0) is 13.3 Å². The third-order valence-electron chi connectivity index (χ3n) is 1.19. The van der Waals surface area contributed by atoms with Crippen LogP contribution in [0, 0.1) is 0 Å². The van der Waals surface area contributed by atoms with Gasteiger partial charge in [-0.05, 0) is 0 Å². The van der Waals surface area contributed by atoms with Crippen molar-refractivity contribution in [1.82, 2.24) is 3.22 Å². The van der Waals surface area contributed by atoms with Crippen LogP contribution in [0.15, 0.2) is 0 Å². The van der Waals surface area contributed by atoms with Crippen molar-refractivity contribution in [2.24, 2.45) is 5.73 Å². The predicted octanol–water partition coefficient (Wildman–Crippen LogP) is -1.47. The molecule has 0 aliphatic heterocycles. The van der Waals surface area contributed by atoms with Crippen molar-refractivity contribution in [2.75, 3.05) is 34.4 Å². The van der Waals surface area contributed by atoms with Gasteiger partial charge in [0.15, 0.2) is 0 Å². The molecule has 0 aliphatic carbocycles. The topological polar surface area (TPSA) is 65.7 Å². The molecular weight excluding hydrogens is 373 g/mol. The molecule has 0 saturated carbocycles. The molecule has 0 radical (unpaired) electrons. The Hall–Kier alpha value is 0.913. The summed E-state index contributed by atoms with van der Waals surface area (Å²) in [6.45, 7) is 1.46. The Morgan fingerprint density at radius 3 is 2.08 bits per heavy atom. The first-order valence-electron chi connectivity index (χ1n) is 3.51. The van der Waals surface area contributed by atoms with Gasteiger partial charge in [0.2, 0.25) is 0 Å². The van der Waals surface area contributed by atoms with Crippen molar-refractivity contribution >= 4 is 28.9 Å². The van der Waals surface area contributed by atoms with Crippen LogP contribution in [-0.4, -0.2) is 63.3 Å². The molecule has 0 aliphatic rings. The van der Waals surface area contributed by atoms with Gasteiger partial charge >= 0.3 is 85.5 Å². The zero-order chi connectivity index (χ0) is 9.45. The second kappa shape index (κ2) is 7.33. The van der Waals surface area contributed by atoms with E-state index in [4.69, 9.17) is 19.0 Å². The van der Waals surface area contributed by atoms with Gasteiger partial charge in [-0.2, -0.15) is 0 Å². The molecule has 0 spiro atoms. The van der Waals surface area contributed by atoms with Crippen molar-refractivity contribution in [3.63, 3.8) is 0 Å². The van der Waals surface area contributed by atoms with E-state index in [0.717, 1.165) is 6.54 Å². The average Bonchev–Trinajstić information content (AvgIpc) is 2.14. The maximum atomic E-state index is 5.34. The van der Waals surface area contributed by atoms with Crippen molar-refractivity contribution < 1.29 is 13.3 Å². The second-order valence-electron chi connectivity index (χ2n) is 1.90. The van der Waals surface area contributed by atoms with E-state index in [1.165, 1.54) is 0 Å². The molecule has 5 nitrogen and oxygen atoms in total. The van der Waals surface area contributed by atoms with Crippen LogP contribution in [0.2, 0.25) is 0 Å². The van der Waals surface area contributed by atoms with Crippen LogP contribution in [0.1, 0.15) is 0 Å². The fraction of sp³-hybridized carbons (Fsp3) is 1.00. The standard InChI is InChI=1S/C3H9O3Si.C2H7N2.Po/c1-4-7(5-2)6-3;3-1-2-4;/h1-3H3;3H,1-2,4H2;/q;-1;+1. The zero-order valence-corrected chi connectivity index (χ0v) is 11.8. The number of hydrogen-bond donors (Lipinski definition) is 2. The van der Waals surface area contributed by atoms with Crippen LogP contribution in [0.3, 0.4) is 0 Å². The number of nitrogens with two attached hydrogens (primary N) is 1. The molecule has 0 aromatic carbocycles. The molecule has 0 aromatic rings. The van der Waals surface area contributed by atoms with E-state index in [0.29, 0.717) is 6.54 Å². The Morgan fingerprint density at radius 2 is 1.75 bits per heavy atom. The van der Waals surface area contributed by atoms with Gasteiger partial charge in [0.05, 0.1) is 0 Å². The van der Waals surface area contributed by atoms with Gasteiger partial charge in [-0.3, -0.25) is 0 Å². The van der Waals surface area contributed by atoms with E-state index >= 15 is 0 Å². The van der Waals surface area contributed by atoms with Crippen molar-refractivity contribution in [2.45, 2.75) is 0 Å². The van der Waals surface area contributed by atoms with Gasteiger partial charge in [0.25, 0.3) is 0 Å². The SMILES string of the molecule is CO[Si](OC)(OC)[Po][NH]CCN. The van der Waals surface area contributed by atoms with E-state index in [1.807, 2.05) is 0 Å². The summed E-state index contributed by atoms with van der Waals surface area (Å²) in [5.74, 6) is -2.25. The fourth-order valence-electron chi connectivity index (χ4n) is 0.573. The van der Waals surface area contributed by atoms with E-state index < -0.39 is 28.9 Å². The first kappa shape index (κ1) is 12.9. The average molecular weight is 389 g/mol. The normalized spacial score (nSPS) is 12.0. The Labute approximate surface area is 85.4 Å². The third-order valence-corrected chi connectivity index (χ3v) is 14.3. The van der Waals surface area contributed by atoms with Crippen molar-refractivity contribution in [1.29, 1.82) is 0 Å². The van der Waals surface area contributed by atoms with E-state index in [-0.39, 0.29) is 0 Å². The van der Waals surface area contributed by atoms with Crippen LogP contribution < -0.4 is 8.95 Å². The van der Waals surface area contributed by atoms with Crippen molar-refractivity contribution in [3.05, 3.63) is 0 Å². The predicted molar refractivity (Wildman–Crippen MR) is 49.6 cm³/mol. The number of hydrogen-bond acceptors (Lipinski definition) is 5. The molecule has 74 valence electrons. The molecule has 3 N–H and O–H groups in total. The van der Waals surface area contributed by atoms with Gasteiger partial charge in [0.1, 0.15) is 0 Å². The van der Waals surface area contributed by atoms with Crippen LogP contribution in [0.5, 0.6) is 0 Å². The molecular formula is C5H16N2O3PoSi. The summed E-state index contributed by atoms with van der Waals surface area (Å²) in [5, 5.41) is 0. The third kappa shape index (κ3) is 4.23. The Kier molecular flexibility index (Phi) is 7.89. The quantitative estimate of drug-likeness (QED) is 0.411. The second-order valence-corrected chi connectivity index (χ2v) is 13.7. The Balaban J connectivity index is 3.76. The van der Waals surface area contributed by atoms with Gasteiger partial charge in [-0.1, -0.05) is 0 Å². The molecule has 0 rings (SSSR count). The summed E-state index contributed by atoms with van der Waals surface area (Å²) < 4.78 is 19.0. The Morgan fingerprint density at radius 1 is 1.25 bits per heavy atom. The fourth-order valence-corrected chi connectivity index (χ4v) is 8.23. The molecule has 0 saturated heterocycles. The zero-order valence-electron chi connectivity index (χ0n) is 7.62. The van der Waals surface area contributed by atoms with E-state index in [9.17, 15) is 0 Å². The van der Waals surface area contributed by atoms with Crippen LogP contribution in [0.25, 0.3) is 0 Å².